The van der Waals surface area contributed by atoms with Gasteiger partial charge in [0.15, 0.2) is 0 Å². The molecule has 0 bridgehead atoms. The molecule has 92 valence electrons. The third kappa shape index (κ3) is 3.06. The van der Waals surface area contributed by atoms with Crippen molar-refractivity contribution in [1.82, 2.24) is 9.97 Å². The highest BCUT2D eigenvalue weighted by atomic mass is 79.9. The van der Waals surface area contributed by atoms with Gasteiger partial charge in [0, 0.05) is 11.6 Å². The second-order valence-electron chi connectivity index (χ2n) is 3.85. The molecule has 1 heterocycles. The lowest BCUT2D eigenvalue weighted by Gasteiger charge is -1.99. The highest BCUT2D eigenvalue weighted by Gasteiger charge is 2.06. The topological polar surface area (TPSA) is 47.1 Å². The fraction of sp³-hybridized carbons (Fsp3) is 0.417. The highest BCUT2D eigenvalue weighted by Crippen LogP contribution is 2.22. The number of imidazole rings is 1. The lowest BCUT2D eigenvalue weighted by Crippen LogP contribution is -2.02. The molecule has 0 atom stereocenters. The summed E-state index contributed by atoms with van der Waals surface area (Å²) >= 11 is 3.47. The number of aryl methyl sites for hydroxylation is 1. The van der Waals surface area contributed by atoms with E-state index in [1.54, 1.807) is 7.11 Å². The molecule has 0 radical (unpaired) electrons. The van der Waals surface area contributed by atoms with Crippen LogP contribution in [-0.2, 0) is 16.1 Å². The van der Waals surface area contributed by atoms with E-state index in [1.807, 2.05) is 13.0 Å². The van der Waals surface area contributed by atoms with Gasteiger partial charge in [-0.15, -0.1) is 0 Å². The Morgan fingerprint density at radius 1 is 1.35 bits per heavy atom. The molecule has 0 amide bonds. The molecule has 1 N–H and O–H groups in total. The first-order valence-corrected chi connectivity index (χ1v) is 6.21. The first-order chi connectivity index (χ1) is 8.20. The fourth-order valence-electron chi connectivity index (χ4n) is 1.68. The van der Waals surface area contributed by atoms with Gasteiger partial charge in [0.25, 0.3) is 0 Å². The zero-order chi connectivity index (χ0) is 12.3. The zero-order valence-electron chi connectivity index (χ0n) is 9.92. The van der Waals surface area contributed by atoms with Gasteiger partial charge >= 0.3 is 0 Å². The van der Waals surface area contributed by atoms with Gasteiger partial charge in [-0.2, -0.15) is 0 Å². The number of H-pyrrole nitrogens is 1. The third-order valence-electron chi connectivity index (χ3n) is 2.46. The molecule has 0 aliphatic heterocycles. The average Bonchev–Trinajstić information content (AvgIpc) is 2.67. The van der Waals surface area contributed by atoms with E-state index in [2.05, 4.69) is 32.0 Å². The number of hydrogen-bond acceptors (Lipinski definition) is 3. The summed E-state index contributed by atoms with van der Waals surface area (Å²) in [5.41, 5.74) is 3.18. The number of aromatic amines is 1. The van der Waals surface area contributed by atoms with Crippen molar-refractivity contribution in [2.24, 2.45) is 0 Å². The van der Waals surface area contributed by atoms with Crippen molar-refractivity contribution in [3.8, 4) is 0 Å². The number of benzene rings is 1. The Balaban J connectivity index is 2.12. The van der Waals surface area contributed by atoms with Crippen LogP contribution in [-0.4, -0.2) is 30.3 Å². The van der Waals surface area contributed by atoms with E-state index >= 15 is 0 Å². The predicted molar refractivity (Wildman–Crippen MR) is 70.1 cm³/mol. The molecule has 4 nitrogen and oxygen atoms in total. The molecule has 5 heteroatoms. The Bertz CT molecular complexity index is 510. The van der Waals surface area contributed by atoms with Crippen LogP contribution < -0.4 is 0 Å². The minimum absolute atomic E-state index is 0.481. The van der Waals surface area contributed by atoms with Crippen LogP contribution >= 0.6 is 15.9 Å². The Hall–Kier alpha value is -0.910. The molecular weight excluding hydrogens is 284 g/mol. The van der Waals surface area contributed by atoms with E-state index in [0.717, 1.165) is 26.9 Å². The van der Waals surface area contributed by atoms with E-state index in [4.69, 9.17) is 9.47 Å². The summed E-state index contributed by atoms with van der Waals surface area (Å²) in [6, 6.07) is 4.08. The molecule has 0 unspecified atom stereocenters. The van der Waals surface area contributed by atoms with Crippen LogP contribution in [0.25, 0.3) is 11.0 Å². The minimum atomic E-state index is 0.481. The number of aromatic nitrogens is 2. The van der Waals surface area contributed by atoms with Gasteiger partial charge in [0.05, 0.1) is 24.2 Å². The summed E-state index contributed by atoms with van der Waals surface area (Å²) in [6.45, 7) is 3.71. The van der Waals surface area contributed by atoms with Crippen molar-refractivity contribution >= 4 is 27.0 Å². The monoisotopic (exact) mass is 298 g/mol. The maximum Gasteiger partial charge on any atom is 0.133 e. The van der Waals surface area contributed by atoms with Gasteiger partial charge in [-0.05, 0) is 24.6 Å². The molecule has 0 fully saturated rings. The molecule has 0 saturated carbocycles. The zero-order valence-corrected chi connectivity index (χ0v) is 11.5. The van der Waals surface area contributed by atoms with Gasteiger partial charge in [0.2, 0.25) is 0 Å². The summed E-state index contributed by atoms with van der Waals surface area (Å²) in [4.78, 5) is 7.76. The largest absolute Gasteiger partial charge is 0.382 e. The Labute approximate surface area is 108 Å². The number of halogens is 1. The van der Waals surface area contributed by atoms with Crippen LogP contribution in [0.3, 0.4) is 0 Å². The van der Waals surface area contributed by atoms with Crippen LogP contribution in [0.15, 0.2) is 16.6 Å². The summed E-state index contributed by atoms with van der Waals surface area (Å²) in [7, 11) is 1.66. The Morgan fingerprint density at radius 3 is 2.94 bits per heavy atom. The number of nitrogens with one attached hydrogen (secondary N) is 1. The maximum absolute atomic E-state index is 5.43. The first-order valence-electron chi connectivity index (χ1n) is 5.42. The third-order valence-corrected chi connectivity index (χ3v) is 2.92. The Morgan fingerprint density at radius 2 is 2.18 bits per heavy atom. The van der Waals surface area contributed by atoms with Gasteiger partial charge in [-0.25, -0.2) is 4.98 Å². The van der Waals surface area contributed by atoms with E-state index in [0.29, 0.717) is 19.8 Å². The van der Waals surface area contributed by atoms with Crippen molar-refractivity contribution in [2.45, 2.75) is 13.5 Å². The lowest BCUT2D eigenvalue weighted by molar-refractivity contribution is 0.0590. The van der Waals surface area contributed by atoms with Gasteiger partial charge in [-0.1, -0.05) is 15.9 Å². The molecule has 0 spiro atoms. The summed E-state index contributed by atoms with van der Waals surface area (Å²) in [5, 5.41) is 0. The van der Waals surface area contributed by atoms with E-state index in [1.165, 1.54) is 0 Å². The van der Waals surface area contributed by atoms with Crippen molar-refractivity contribution in [3.05, 3.63) is 28.0 Å². The standard InChI is InChI=1S/C12H15BrN2O2/c1-8-5-9(13)6-10-12(8)15-11(14-10)7-17-4-3-16-2/h5-6H,3-4,7H2,1-2H3,(H,14,15). The van der Waals surface area contributed by atoms with E-state index in [9.17, 15) is 0 Å². The molecule has 2 aromatic rings. The number of rotatable bonds is 5. The fourth-order valence-corrected chi connectivity index (χ4v) is 2.25. The predicted octanol–water partition coefficient (Wildman–Crippen LogP) is 2.80. The second kappa shape index (κ2) is 5.62. The number of methoxy groups -OCH3 is 1. The maximum atomic E-state index is 5.43. The second-order valence-corrected chi connectivity index (χ2v) is 4.76. The van der Waals surface area contributed by atoms with Crippen molar-refractivity contribution in [3.63, 3.8) is 0 Å². The van der Waals surface area contributed by atoms with Crippen LogP contribution in [0.5, 0.6) is 0 Å². The van der Waals surface area contributed by atoms with Crippen molar-refractivity contribution in [1.29, 1.82) is 0 Å². The number of fused-ring (bicyclic) bond motifs is 1. The SMILES string of the molecule is COCCOCc1nc2c(C)cc(Br)cc2[nH]1. The summed E-state index contributed by atoms with van der Waals surface area (Å²) in [6.07, 6.45) is 0. The molecule has 2 rings (SSSR count). The van der Waals surface area contributed by atoms with Gasteiger partial charge in [0.1, 0.15) is 12.4 Å². The van der Waals surface area contributed by atoms with Crippen molar-refractivity contribution in [2.75, 3.05) is 20.3 Å². The quantitative estimate of drug-likeness (QED) is 0.864. The van der Waals surface area contributed by atoms with E-state index < -0.39 is 0 Å². The lowest BCUT2D eigenvalue weighted by atomic mass is 10.2. The van der Waals surface area contributed by atoms with Crippen LogP contribution in [0, 0.1) is 6.92 Å². The van der Waals surface area contributed by atoms with Crippen LogP contribution in [0.1, 0.15) is 11.4 Å². The molecule has 1 aromatic carbocycles. The molecular formula is C12H15BrN2O2. The van der Waals surface area contributed by atoms with E-state index in [-0.39, 0.29) is 0 Å². The number of ether oxygens (including phenoxy) is 2. The molecule has 1 aromatic heterocycles. The Kier molecular flexibility index (Phi) is 4.15. The van der Waals surface area contributed by atoms with Gasteiger partial charge in [-0.3, -0.25) is 0 Å². The summed E-state index contributed by atoms with van der Waals surface area (Å²) in [5.74, 6) is 0.845. The smallest absolute Gasteiger partial charge is 0.133 e. The molecule has 0 aliphatic rings. The summed E-state index contributed by atoms with van der Waals surface area (Å²) < 4.78 is 11.4. The number of nitrogens with zero attached hydrogens (tertiary/aromatic N) is 1. The minimum Gasteiger partial charge on any atom is -0.382 e. The molecule has 17 heavy (non-hydrogen) atoms. The molecule has 0 saturated heterocycles. The normalized spacial score (nSPS) is 11.2. The van der Waals surface area contributed by atoms with Gasteiger partial charge < -0.3 is 14.5 Å². The van der Waals surface area contributed by atoms with Crippen LogP contribution in [0.4, 0.5) is 0 Å². The average molecular weight is 299 g/mol. The van der Waals surface area contributed by atoms with Crippen molar-refractivity contribution < 1.29 is 9.47 Å². The molecule has 0 aliphatic carbocycles. The highest BCUT2D eigenvalue weighted by molar-refractivity contribution is 9.10. The first kappa shape index (κ1) is 12.5. The number of hydrogen-bond donors (Lipinski definition) is 1. The van der Waals surface area contributed by atoms with Crippen LogP contribution in [0.2, 0.25) is 0 Å².